The molecule has 2 N–H and O–H groups in total. The van der Waals surface area contributed by atoms with E-state index in [2.05, 4.69) is 30.7 Å². The van der Waals surface area contributed by atoms with Crippen molar-refractivity contribution in [3.05, 3.63) is 4.88 Å². The minimum Gasteiger partial charge on any atom is -0.396 e. The lowest BCUT2D eigenvalue weighted by Gasteiger charge is -2.43. The third kappa shape index (κ3) is 3.07. The summed E-state index contributed by atoms with van der Waals surface area (Å²) < 4.78 is 0. The van der Waals surface area contributed by atoms with Gasteiger partial charge >= 0.3 is 0 Å². The summed E-state index contributed by atoms with van der Waals surface area (Å²) in [6.07, 6.45) is 2.54. The van der Waals surface area contributed by atoms with Gasteiger partial charge in [-0.2, -0.15) is 0 Å². The smallest absolute Gasteiger partial charge is 0.174 e. The zero-order valence-electron chi connectivity index (χ0n) is 13.5. The Balaban J connectivity index is 2.37. The number of anilines is 2. The standard InChI is InChI=1S/C15H25N3OS2/c1-6-11(19)13-12(16)14(20-5)15(21-13)18-7-9(2)17(4)10(3)8-18/h9-10H,6-8,16H2,1-5H3. The predicted molar refractivity (Wildman–Crippen MR) is 94.0 cm³/mol. The highest BCUT2D eigenvalue weighted by atomic mass is 32.2. The lowest BCUT2D eigenvalue weighted by atomic mass is 10.1. The lowest BCUT2D eigenvalue weighted by Crippen LogP contribution is -2.55. The average molecular weight is 328 g/mol. The van der Waals surface area contributed by atoms with Crippen LogP contribution in [0.1, 0.15) is 36.9 Å². The molecule has 0 saturated carbocycles. The van der Waals surface area contributed by atoms with E-state index in [1.165, 1.54) is 5.00 Å². The van der Waals surface area contributed by atoms with Gasteiger partial charge in [0.15, 0.2) is 5.78 Å². The Labute approximate surface area is 135 Å². The van der Waals surface area contributed by atoms with E-state index in [1.54, 1.807) is 23.1 Å². The zero-order chi connectivity index (χ0) is 15.7. The molecule has 2 unspecified atom stereocenters. The van der Waals surface area contributed by atoms with Crippen LogP contribution in [0.5, 0.6) is 0 Å². The molecule has 1 aliphatic rings. The number of carbonyl (C=O) groups is 1. The van der Waals surface area contributed by atoms with Crippen molar-refractivity contribution in [2.75, 3.05) is 37.0 Å². The normalized spacial score (nSPS) is 23.6. The van der Waals surface area contributed by atoms with E-state index in [4.69, 9.17) is 5.73 Å². The van der Waals surface area contributed by atoms with Gasteiger partial charge in [-0.3, -0.25) is 9.69 Å². The molecule has 118 valence electrons. The number of thioether (sulfide) groups is 1. The van der Waals surface area contributed by atoms with Gasteiger partial charge in [0.25, 0.3) is 0 Å². The van der Waals surface area contributed by atoms with E-state index < -0.39 is 0 Å². The number of nitrogens with two attached hydrogens (primary N) is 1. The van der Waals surface area contributed by atoms with Crippen molar-refractivity contribution in [3.63, 3.8) is 0 Å². The Morgan fingerprint density at radius 3 is 2.43 bits per heavy atom. The molecule has 1 fully saturated rings. The van der Waals surface area contributed by atoms with Gasteiger partial charge < -0.3 is 10.6 Å². The van der Waals surface area contributed by atoms with Crippen LogP contribution in [0.3, 0.4) is 0 Å². The molecule has 0 amide bonds. The molecule has 2 rings (SSSR count). The van der Waals surface area contributed by atoms with Gasteiger partial charge in [0.2, 0.25) is 0 Å². The molecule has 1 aromatic heterocycles. The first-order valence-electron chi connectivity index (χ1n) is 7.36. The molecule has 2 atom stereocenters. The minimum atomic E-state index is 0.147. The fourth-order valence-corrected chi connectivity index (χ4v) is 4.97. The van der Waals surface area contributed by atoms with Crippen molar-refractivity contribution in [3.8, 4) is 0 Å². The Bertz CT molecular complexity index is 517. The van der Waals surface area contributed by atoms with E-state index >= 15 is 0 Å². The highest BCUT2D eigenvalue weighted by Gasteiger charge is 2.30. The van der Waals surface area contributed by atoms with Gasteiger partial charge in [0.1, 0.15) is 5.00 Å². The lowest BCUT2D eigenvalue weighted by molar-refractivity contribution is 0.0992. The van der Waals surface area contributed by atoms with Gasteiger partial charge in [0.05, 0.1) is 15.5 Å². The fraction of sp³-hybridized carbons (Fsp3) is 0.667. The van der Waals surface area contributed by atoms with Crippen molar-refractivity contribution in [1.29, 1.82) is 0 Å². The first-order chi connectivity index (χ1) is 9.90. The number of nitrogen functional groups attached to an aromatic ring is 1. The minimum absolute atomic E-state index is 0.147. The second-order valence-electron chi connectivity index (χ2n) is 5.73. The summed E-state index contributed by atoms with van der Waals surface area (Å²) in [6.45, 7) is 8.34. The van der Waals surface area contributed by atoms with Crippen LogP contribution in [0.2, 0.25) is 0 Å². The molecule has 6 heteroatoms. The van der Waals surface area contributed by atoms with Gasteiger partial charge in [0, 0.05) is 31.6 Å². The summed E-state index contributed by atoms with van der Waals surface area (Å²) in [4.78, 5) is 18.7. The maximum Gasteiger partial charge on any atom is 0.174 e. The van der Waals surface area contributed by atoms with Gasteiger partial charge in [-0.15, -0.1) is 23.1 Å². The molecule has 1 aliphatic heterocycles. The number of carbonyl (C=O) groups excluding carboxylic acids is 1. The number of likely N-dealkylation sites (N-methyl/N-ethyl adjacent to an activating group) is 1. The fourth-order valence-electron chi connectivity index (χ4n) is 2.76. The van der Waals surface area contributed by atoms with Gasteiger partial charge in [-0.1, -0.05) is 6.92 Å². The summed E-state index contributed by atoms with van der Waals surface area (Å²) >= 11 is 3.21. The number of Topliss-reactive ketones (excluding diaryl/α,β-unsaturated/α-hetero) is 1. The third-order valence-electron chi connectivity index (χ3n) is 4.31. The second kappa shape index (κ2) is 6.58. The Morgan fingerprint density at radius 2 is 1.95 bits per heavy atom. The number of thiophene rings is 1. The van der Waals surface area contributed by atoms with Crippen molar-refractivity contribution in [2.24, 2.45) is 0 Å². The highest BCUT2D eigenvalue weighted by Crippen LogP contribution is 2.45. The van der Waals surface area contributed by atoms with Crippen LogP contribution in [0.4, 0.5) is 10.7 Å². The maximum atomic E-state index is 12.1. The molecule has 0 aromatic carbocycles. The van der Waals surface area contributed by atoms with E-state index in [1.807, 2.05) is 13.2 Å². The van der Waals surface area contributed by atoms with Crippen LogP contribution < -0.4 is 10.6 Å². The molecular weight excluding hydrogens is 302 g/mol. The van der Waals surface area contributed by atoms with E-state index in [9.17, 15) is 4.79 Å². The first kappa shape index (κ1) is 16.6. The zero-order valence-corrected chi connectivity index (χ0v) is 15.1. The number of rotatable bonds is 4. The average Bonchev–Trinajstić information content (AvgIpc) is 2.80. The van der Waals surface area contributed by atoms with Crippen LogP contribution in [0.15, 0.2) is 4.90 Å². The molecule has 21 heavy (non-hydrogen) atoms. The largest absolute Gasteiger partial charge is 0.396 e. The molecule has 0 aliphatic carbocycles. The summed E-state index contributed by atoms with van der Waals surface area (Å²) in [6, 6.07) is 0.995. The monoisotopic (exact) mass is 327 g/mol. The summed E-state index contributed by atoms with van der Waals surface area (Å²) in [5, 5.41) is 1.17. The Morgan fingerprint density at radius 1 is 1.38 bits per heavy atom. The quantitative estimate of drug-likeness (QED) is 0.680. The molecule has 2 heterocycles. The van der Waals surface area contributed by atoms with Crippen LogP contribution >= 0.6 is 23.1 Å². The third-order valence-corrected chi connectivity index (χ3v) is 6.57. The van der Waals surface area contributed by atoms with Gasteiger partial charge in [-0.05, 0) is 27.2 Å². The predicted octanol–water partition coefficient (Wildman–Crippen LogP) is 3.17. The van der Waals surface area contributed by atoms with Crippen LogP contribution in [0.25, 0.3) is 0 Å². The number of hydrogen-bond acceptors (Lipinski definition) is 6. The number of hydrogen-bond donors (Lipinski definition) is 1. The van der Waals surface area contributed by atoms with Crippen molar-refractivity contribution >= 4 is 39.6 Å². The summed E-state index contributed by atoms with van der Waals surface area (Å²) in [7, 11) is 2.18. The number of nitrogens with zero attached hydrogens (tertiary/aromatic N) is 2. The maximum absolute atomic E-state index is 12.1. The van der Waals surface area contributed by atoms with E-state index in [0.29, 0.717) is 24.2 Å². The second-order valence-corrected chi connectivity index (χ2v) is 7.54. The summed E-state index contributed by atoms with van der Waals surface area (Å²) in [5.41, 5.74) is 6.90. The molecule has 1 saturated heterocycles. The van der Waals surface area contributed by atoms with E-state index in [-0.39, 0.29) is 5.78 Å². The summed E-state index contributed by atoms with van der Waals surface area (Å²) in [5.74, 6) is 0.147. The van der Waals surface area contributed by atoms with Crippen LogP contribution in [0, 0.1) is 0 Å². The number of piperazine rings is 1. The Hall–Kier alpha value is -0.720. The molecule has 0 bridgehead atoms. The van der Waals surface area contributed by atoms with Crippen molar-refractivity contribution < 1.29 is 4.79 Å². The molecule has 0 spiro atoms. The molecule has 0 radical (unpaired) electrons. The highest BCUT2D eigenvalue weighted by molar-refractivity contribution is 7.99. The van der Waals surface area contributed by atoms with Crippen LogP contribution in [-0.2, 0) is 0 Å². The van der Waals surface area contributed by atoms with Gasteiger partial charge in [-0.25, -0.2) is 0 Å². The molecular formula is C15H25N3OS2. The van der Waals surface area contributed by atoms with E-state index in [0.717, 1.165) is 22.9 Å². The van der Waals surface area contributed by atoms with Crippen molar-refractivity contribution in [1.82, 2.24) is 4.90 Å². The first-order valence-corrected chi connectivity index (χ1v) is 9.41. The number of ketones is 1. The molecule has 1 aromatic rings. The topological polar surface area (TPSA) is 49.6 Å². The SMILES string of the molecule is CCC(=O)c1sc(N2CC(C)N(C)C(C)C2)c(SC)c1N. The molecule has 4 nitrogen and oxygen atoms in total. The van der Waals surface area contributed by atoms with Crippen molar-refractivity contribution in [2.45, 2.75) is 44.2 Å². The Kier molecular flexibility index (Phi) is 5.22. The van der Waals surface area contributed by atoms with Crippen LogP contribution in [-0.4, -0.2) is 49.2 Å².